The van der Waals surface area contributed by atoms with Crippen LogP contribution in [0.1, 0.15) is 40.0 Å². The Morgan fingerprint density at radius 1 is 1.29 bits per heavy atom. The summed E-state index contributed by atoms with van der Waals surface area (Å²) in [6, 6.07) is 0.514. The van der Waals surface area contributed by atoms with Gasteiger partial charge in [-0.1, -0.05) is 20.8 Å². The van der Waals surface area contributed by atoms with Gasteiger partial charge in [0.1, 0.15) is 6.10 Å². The number of hydrogen-bond donors (Lipinski definition) is 0. The van der Waals surface area contributed by atoms with Crippen LogP contribution in [0.3, 0.4) is 0 Å². The number of ether oxygens (including phenoxy) is 1. The van der Waals surface area contributed by atoms with Gasteiger partial charge in [-0.05, 0) is 53.2 Å². The van der Waals surface area contributed by atoms with Gasteiger partial charge in [0, 0.05) is 16.0 Å². The first-order valence-electron chi connectivity index (χ1n) is 6.09. The minimum absolute atomic E-state index is 0.258. The van der Waals surface area contributed by atoms with Crippen molar-refractivity contribution in [1.29, 1.82) is 0 Å². The molecule has 1 aromatic rings. The highest BCUT2D eigenvalue weighted by Crippen LogP contribution is 2.39. The van der Waals surface area contributed by atoms with Gasteiger partial charge >= 0.3 is 6.01 Å². The first-order valence-corrected chi connectivity index (χ1v) is 7.17. The molecule has 1 fully saturated rings. The quantitative estimate of drug-likeness (QED) is 0.767. The molecule has 0 aromatic carbocycles. The molecule has 0 amide bonds. The molecule has 4 heteroatoms. The van der Waals surface area contributed by atoms with Crippen LogP contribution in [-0.2, 0) is 0 Å². The van der Waals surface area contributed by atoms with Gasteiger partial charge in [-0.2, -0.15) is 0 Å². The Morgan fingerprint density at radius 3 is 2.53 bits per heavy atom. The molecule has 1 aliphatic carbocycles. The standard InChI is InChI=1S/C13H19IN2O/c1-9-4-11(6-13(2,3)5-9)17-12-15-7-10(14)8-16-12/h7-9,11H,4-6H2,1-3H3. The highest BCUT2D eigenvalue weighted by molar-refractivity contribution is 14.1. The van der Waals surface area contributed by atoms with Crippen LogP contribution >= 0.6 is 22.6 Å². The Kier molecular flexibility index (Phi) is 3.90. The molecular weight excluding hydrogens is 327 g/mol. The number of aromatic nitrogens is 2. The van der Waals surface area contributed by atoms with Crippen LogP contribution in [0.4, 0.5) is 0 Å². The summed E-state index contributed by atoms with van der Waals surface area (Å²) in [6.07, 6.45) is 7.32. The second kappa shape index (κ2) is 5.08. The lowest BCUT2D eigenvalue weighted by Gasteiger charge is -2.38. The third-order valence-electron chi connectivity index (χ3n) is 3.22. The highest BCUT2D eigenvalue weighted by Gasteiger charge is 2.33. The van der Waals surface area contributed by atoms with Crippen LogP contribution < -0.4 is 4.74 Å². The van der Waals surface area contributed by atoms with E-state index < -0.39 is 0 Å². The Labute approximate surface area is 117 Å². The summed E-state index contributed by atoms with van der Waals surface area (Å²) in [6.45, 7) is 6.92. The van der Waals surface area contributed by atoms with E-state index in [2.05, 4.69) is 53.3 Å². The Bertz CT molecular complexity index is 378. The molecule has 1 aliphatic rings. The van der Waals surface area contributed by atoms with Gasteiger partial charge in [0.15, 0.2) is 0 Å². The van der Waals surface area contributed by atoms with Crippen molar-refractivity contribution in [3.05, 3.63) is 16.0 Å². The molecule has 2 atom stereocenters. The molecule has 2 unspecified atom stereocenters. The maximum absolute atomic E-state index is 5.89. The zero-order chi connectivity index (χ0) is 12.5. The predicted octanol–water partition coefficient (Wildman–Crippen LogP) is 3.67. The maximum Gasteiger partial charge on any atom is 0.316 e. The Hall–Kier alpha value is -0.390. The molecule has 0 N–H and O–H groups in total. The molecule has 1 aromatic heterocycles. The number of rotatable bonds is 2. The van der Waals surface area contributed by atoms with Gasteiger partial charge in [-0.3, -0.25) is 0 Å². The zero-order valence-corrected chi connectivity index (χ0v) is 12.8. The smallest absolute Gasteiger partial charge is 0.316 e. The maximum atomic E-state index is 5.89. The molecule has 0 spiro atoms. The summed E-state index contributed by atoms with van der Waals surface area (Å²) >= 11 is 2.20. The first-order chi connectivity index (χ1) is 7.94. The van der Waals surface area contributed by atoms with E-state index in [9.17, 15) is 0 Å². The van der Waals surface area contributed by atoms with Gasteiger partial charge < -0.3 is 4.74 Å². The average molecular weight is 346 g/mol. The summed E-state index contributed by atoms with van der Waals surface area (Å²) in [5.41, 5.74) is 0.367. The van der Waals surface area contributed by atoms with Gasteiger partial charge in [0.2, 0.25) is 0 Å². The van der Waals surface area contributed by atoms with Gasteiger partial charge in [-0.25, -0.2) is 9.97 Å². The second-order valence-corrected chi connectivity index (χ2v) is 7.08. The van der Waals surface area contributed by atoms with Crippen molar-refractivity contribution in [2.75, 3.05) is 0 Å². The lowest BCUT2D eigenvalue weighted by atomic mass is 9.71. The van der Waals surface area contributed by atoms with E-state index in [1.165, 1.54) is 6.42 Å². The van der Waals surface area contributed by atoms with E-state index >= 15 is 0 Å². The minimum Gasteiger partial charge on any atom is -0.460 e. The summed E-state index contributed by atoms with van der Waals surface area (Å²) in [4.78, 5) is 8.41. The van der Waals surface area contributed by atoms with Crippen LogP contribution in [0.15, 0.2) is 12.4 Å². The molecule has 0 radical (unpaired) electrons. The van der Waals surface area contributed by atoms with Crippen molar-refractivity contribution < 1.29 is 4.74 Å². The SMILES string of the molecule is CC1CC(Oc2ncc(I)cn2)CC(C)(C)C1. The average Bonchev–Trinajstić information content (AvgIpc) is 2.18. The fraction of sp³-hybridized carbons (Fsp3) is 0.692. The molecule has 0 aliphatic heterocycles. The van der Waals surface area contributed by atoms with E-state index in [0.717, 1.165) is 16.4 Å². The normalized spacial score (nSPS) is 27.8. The zero-order valence-electron chi connectivity index (χ0n) is 10.6. The van der Waals surface area contributed by atoms with Crippen LogP contribution in [0.2, 0.25) is 0 Å². The van der Waals surface area contributed by atoms with Gasteiger partial charge in [0.05, 0.1) is 0 Å². The van der Waals surface area contributed by atoms with Crippen LogP contribution in [0.5, 0.6) is 6.01 Å². The van der Waals surface area contributed by atoms with Crippen LogP contribution in [-0.4, -0.2) is 16.1 Å². The minimum atomic E-state index is 0.258. The summed E-state index contributed by atoms with van der Waals surface area (Å²) in [5.74, 6) is 0.715. The lowest BCUT2D eigenvalue weighted by Crippen LogP contribution is -2.34. The third kappa shape index (κ3) is 3.79. The highest BCUT2D eigenvalue weighted by atomic mass is 127. The summed E-state index contributed by atoms with van der Waals surface area (Å²) < 4.78 is 6.93. The van der Waals surface area contributed by atoms with Crippen molar-refractivity contribution in [1.82, 2.24) is 9.97 Å². The molecular formula is C13H19IN2O. The second-order valence-electron chi connectivity index (χ2n) is 5.84. The first kappa shape index (κ1) is 13.1. The fourth-order valence-electron chi connectivity index (χ4n) is 2.86. The van der Waals surface area contributed by atoms with E-state index in [0.29, 0.717) is 17.3 Å². The molecule has 17 heavy (non-hydrogen) atoms. The monoisotopic (exact) mass is 346 g/mol. The molecule has 1 heterocycles. The van der Waals surface area contributed by atoms with Gasteiger partial charge in [-0.15, -0.1) is 0 Å². The van der Waals surface area contributed by atoms with Crippen molar-refractivity contribution in [2.24, 2.45) is 11.3 Å². The Morgan fingerprint density at radius 2 is 1.94 bits per heavy atom. The lowest BCUT2D eigenvalue weighted by molar-refractivity contribution is 0.0499. The molecule has 0 bridgehead atoms. The van der Waals surface area contributed by atoms with E-state index in [4.69, 9.17) is 4.74 Å². The largest absolute Gasteiger partial charge is 0.460 e. The third-order valence-corrected chi connectivity index (χ3v) is 3.77. The topological polar surface area (TPSA) is 35.0 Å². The number of hydrogen-bond acceptors (Lipinski definition) is 3. The van der Waals surface area contributed by atoms with Crippen molar-refractivity contribution >= 4 is 22.6 Å². The van der Waals surface area contributed by atoms with Crippen molar-refractivity contribution in [2.45, 2.75) is 46.1 Å². The predicted molar refractivity (Wildman–Crippen MR) is 76.0 cm³/mol. The van der Waals surface area contributed by atoms with E-state index in [1.807, 2.05) is 0 Å². The molecule has 94 valence electrons. The Balaban J connectivity index is 2.01. The van der Waals surface area contributed by atoms with Crippen molar-refractivity contribution in [3.63, 3.8) is 0 Å². The van der Waals surface area contributed by atoms with Gasteiger partial charge in [0.25, 0.3) is 0 Å². The molecule has 3 nitrogen and oxygen atoms in total. The summed E-state index contributed by atoms with van der Waals surface area (Å²) in [5, 5.41) is 0. The number of nitrogens with zero attached hydrogens (tertiary/aromatic N) is 2. The van der Waals surface area contributed by atoms with E-state index in [-0.39, 0.29) is 6.10 Å². The van der Waals surface area contributed by atoms with Crippen LogP contribution in [0, 0.1) is 14.9 Å². The molecule has 1 saturated carbocycles. The van der Waals surface area contributed by atoms with Crippen molar-refractivity contribution in [3.8, 4) is 6.01 Å². The molecule has 2 rings (SSSR count). The van der Waals surface area contributed by atoms with E-state index in [1.54, 1.807) is 12.4 Å². The molecule has 0 saturated heterocycles. The summed E-state index contributed by atoms with van der Waals surface area (Å²) in [7, 11) is 0. The number of halogens is 1. The fourth-order valence-corrected chi connectivity index (χ4v) is 3.14. The van der Waals surface area contributed by atoms with Crippen LogP contribution in [0.25, 0.3) is 0 Å².